The van der Waals surface area contributed by atoms with E-state index in [1.54, 1.807) is 7.11 Å². The highest BCUT2D eigenvalue weighted by molar-refractivity contribution is 5.73. The molecule has 0 spiro atoms. The van der Waals surface area contributed by atoms with Crippen LogP contribution in [0.3, 0.4) is 0 Å². The van der Waals surface area contributed by atoms with E-state index in [1.165, 1.54) is 0 Å². The van der Waals surface area contributed by atoms with Crippen molar-refractivity contribution in [2.24, 2.45) is 5.92 Å². The summed E-state index contributed by atoms with van der Waals surface area (Å²) < 4.78 is 5.21. The van der Waals surface area contributed by atoms with Crippen molar-refractivity contribution < 1.29 is 14.6 Å². The standard InChI is InChI=1S/C16H24N2O3/c1-11-7-12(4-6-15(11)21-2)9-17-16(20)18-10-13-3-5-14(19)8-13/h4,6-7,13-14,19H,3,5,8-10H2,1-2H3,(H2,17,18,20)/t13-,14+/m0/s1. The van der Waals surface area contributed by atoms with Crippen LogP contribution in [0, 0.1) is 12.8 Å². The molecule has 1 aliphatic carbocycles. The lowest BCUT2D eigenvalue weighted by atomic mass is 10.1. The maximum absolute atomic E-state index is 11.8. The van der Waals surface area contributed by atoms with Crippen molar-refractivity contribution in [3.8, 4) is 5.75 Å². The molecule has 3 N–H and O–H groups in total. The second-order valence-electron chi connectivity index (χ2n) is 5.70. The number of hydrogen-bond donors (Lipinski definition) is 3. The van der Waals surface area contributed by atoms with Crippen LogP contribution in [0.25, 0.3) is 0 Å². The molecule has 1 saturated carbocycles. The molecule has 0 bridgehead atoms. The van der Waals surface area contributed by atoms with E-state index in [9.17, 15) is 9.90 Å². The van der Waals surface area contributed by atoms with Gasteiger partial charge in [-0.15, -0.1) is 0 Å². The molecule has 0 heterocycles. The maximum atomic E-state index is 11.8. The summed E-state index contributed by atoms with van der Waals surface area (Å²) in [5, 5.41) is 15.2. The van der Waals surface area contributed by atoms with Crippen molar-refractivity contribution in [3.63, 3.8) is 0 Å². The van der Waals surface area contributed by atoms with E-state index in [4.69, 9.17) is 4.74 Å². The summed E-state index contributed by atoms with van der Waals surface area (Å²) in [6, 6.07) is 5.70. The fraction of sp³-hybridized carbons (Fsp3) is 0.562. The molecule has 21 heavy (non-hydrogen) atoms. The third kappa shape index (κ3) is 4.63. The summed E-state index contributed by atoms with van der Waals surface area (Å²) in [4.78, 5) is 11.8. The summed E-state index contributed by atoms with van der Waals surface area (Å²) in [5.41, 5.74) is 2.09. The summed E-state index contributed by atoms with van der Waals surface area (Å²) >= 11 is 0. The maximum Gasteiger partial charge on any atom is 0.315 e. The Balaban J connectivity index is 1.72. The smallest absolute Gasteiger partial charge is 0.315 e. The lowest BCUT2D eigenvalue weighted by Gasteiger charge is -2.12. The van der Waals surface area contributed by atoms with E-state index >= 15 is 0 Å². The molecule has 116 valence electrons. The molecule has 5 heteroatoms. The van der Waals surface area contributed by atoms with Gasteiger partial charge in [0.15, 0.2) is 0 Å². The molecule has 0 saturated heterocycles. The molecule has 1 fully saturated rings. The molecule has 0 unspecified atom stereocenters. The van der Waals surface area contributed by atoms with Gasteiger partial charge in [-0.1, -0.05) is 12.1 Å². The second kappa shape index (κ2) is 7.31. The number of benzene rings is 1. The van der Waals surface area contributed by atoms with Crippen molar-refractivity contribution in [1.29, 1.82) is 0 Å². The first-order valence-electron chi connectivity index (χ1n) is 7.41. The second-order valence-corrected chi connectivity index (χ2v) is 5.70. The molecule has 2 atom stereocenters. The quantitative estimate of drug-likeness (QED) is 0.777. The first kappa shape index (κ1) is 15.6. The van der Waals surface area contributed by atoms with Crippen molar-refractivity contribution >= 4 is 6.03 Å². The van der Waals surface area contributed by atoms with Gasteiger partial charge in [-0.05, 0) is 49.3 Å². The molecule has 1 aliphatic rings. The number of rotatable bonds is 5. The predicted octanol–water partition coefficient (Wildman–Crippen LogP) is 1.96. The lowest BCUT2D eigenvalue weighted by molar-refractivity contribution is 0.177. The number of amides is 2. The van der Waals surface area contributed by atoms with Gasteiger partial charge >= 0.3 is 6.03 Å². The number of aliphatic hydroxyl groups excluding tert-OH is 1. The van der Waals surface area contributed by atoms with Crippen molar-refractivity contribution in [1.82, 2.24) is 10.6 Å². The summed E-state index contributed by atoms with van der Waals surface area (Å²) in [5.74, 6) is 1.25. The van der Waals surface area contributed by atoms with Crippen LogP contribution in [0.1, 0.15) is 30.4 Å². The topological polar surface area (TPSA) is 70.6 Å². The minimum atomic E-state index is -0.192. The molecule has 0 aromatic heterocycles. The van der Waals surface area contributed by atoms with Crippen LogP contribution in [0.5, 0.6) is 5.75 Å². The molecule has 0 aliphatic heterocycles. The predicted molar refractivity (Wildman–Crippen MR) is 81.3 cm³/mol. The highest BCUT2D eigenvalue weighted by Crippen LogP contribution is 2.24. The number of aliphatic hydroxyl groups is 1. The first-order valence-corrected chi connectivity index (χ1v) is 7.41. The minimum Gasteiger partial charge on any atom is -0.496 e. The van der Waals surface area contributed by atoms with E-state index in [2.05, 4.69) is 10.6 Å². The SMILES string of the molecule is COc1ccc(CNC(=O)NC[C@H]2CC[C@@H](O)C2)cc1C. The van der Waals surface area contributed by atoms with E-state index in [0.717, 1.165) is 36.1 Å². The van der Waals surface area contributed by atoms with Crippen LogP contribution < -0.4 is 15.4 Å². The molecule has 5 nitrogen and oxygen atoms in total. The fourth-order valence-corrected chi connectivity index (χ4v) is 2.77. The largest absolute Gasteiger partial charge is 0.496 e. The van der Waals surface area contributed by atoms with Gasteiger partial charge < -0.3 is 20.5 Å². The molecular formula is C16H24N2O3. The zero-order valence-corrected chi connectivity index (χ0v) is 12.7. The zero-order valence-electron chi connectivity index (χ0n) is 12.7. The molecule has 1 aromatic carbocycles. The fourth-order valence-electron chi connectivity index (χ4n) is 2.77. The minimum absolute atomic E-state index is 0.162. The van der Waals surface area contributed by atoms with Gasteiger partial charge in [0.25, 0.3) is 0 Å². The number of ether oxygens (including phenoxy) is 1. The van der Waals surface area contributed by atoms with E-state index in [0.29, 0.717) is 19.0 Å². The summed E-state index contributed by atoms with van der Waals surface area (Å²) in [6.45, 7) is 3.10. The van der Waals surface area contributed by atoms with Gasteiger partial charge in [-0.2, -0.15) is 0 Å². The van der Waals surface area contributed by atoms with E-state index in [-0.39, 0.29) is 12.1 Å². The highest BCUT2D eigenvalue weighted by atomic mass is 16.5. The third-order valence-electron chi connectivity index (χ3n) is 3.98. The Morgan fingerprint density at radius 3 is 2.81 bits per heavy atom. The van der Waals surface area contributed by atoms with Gasteiger partial charge in [-0.25, -0.2) is 4.79 Å². The number of methoxy groups -OCH3 is 1. The number of carbonyl (C=O) groups is 1. The molecular weight excluding hydrogens is 268 g/mol. The van der Waals surface area contributed by atoms with Gasteiger partial charge in [0.05, 0.1) is 13.2 Å². The molecule has 2 rings (SSSR count). The number of hydrogen-bond acceptors (Lipinski definition) is 3. The Morgan fingerprint density at radius 1 is 1.38 bits per heavy atom. The summed E-state index contributed by atoms with van der Waals surface area (Å²) in [6.07, 6.45) is 2.43. The Morgan fingerprint density at radius 2 is 2.19 bits per heavy atom. The van der Waals surface area contributed by atoms with Gasteiger partial charge in [0.1, 0.15) is 5.75 Å². The van der Waals surface area contributed by atoms with Crippen LogP contribution in [0.2, 0.25) is 0 Å². The third-order valence-corrected chi connectivity index (χ3v) is 3.98. The lowest BCUT2D eigenvalue weighted by Crippen LogP contribution is -2.37. The van der Waals surface area contributed by atoms with Crippen LogP contribution >= 0.6 is 0 Å². The van der Waals surface area contributed by atoms with Crippen LogP contribution in [-0.4, -0.2) is 30.9 Å². The summed E-state index contributed by atoms with van der Waals surface area (Å²) in [7, 11) is 1.65. The monoisotopic (exact) mass is 292 g/mol. The normalized spacial score (nSPS) is 21.1. The van der Waals surface area contributed by atoms with Crippen LogP contribution in [-0.2, 0) is 6.54 Å². The average Bonchev–Trinajstić information content (AvgIpc) is 2.89. The van der Waals surface area contributed by atoms with Crippen molar-refractivity contribution in [3.05, 3.63) is 29.3 Å². The van der Waals surface area contributed by atoms with Crippen LogP contribution in [0.4, 0.5) is 4.79 Å². The number of carbonyl (C=O) groups excluding carboxylic acids is 1. The number of nitrogens with one attached hydrogen (secondary N) is 2. The number of urea groups is 1. The van der Waals surface area contributed by atoms with Crippen molar-refractivity contribution in [2.45, 2.75) is 38.8 Å². The van der Waals surface area contributed by atoms with Crippen molar-refractivity contribution in [2.75, 3.05) is 13.7 Å². The van der Waals surface area contributed by atoms with Crippen LogP contribution in [0.15, 0.2) is 18.2 Å². The Bertz CT molecular complexity index is 490. The Labute approximate surface area is 125 Å². The Hall–Kier alpha value is -1.75. The van der Waals surface area contributed by atoms with E-state index in [1.807, 2.05) is 25.1 Å². The molecule has 1 aromatic rings. The average molecular weight is 292 g/mol. The first-order chi connectivity index (χ1) is 10.1. The molecule has 2 amide bonds. The Kier molecular flexibility index (Phi) is 5.44. The zero-order chi connectivity index (χ0) is 15.2. The highest BCUT2D eigenvalue weighted by Gasteiger charge is 2.22. The van der Waals surface area contributed by atoms with Gasteiger partial charge in [-0.3, -0.25) is 0 Å². The molecule has 0 radical (unpaired) electrons. The van der Waals surface area contributed by atoms with Gasteiger partial charge in [0.2, 0.25) is 0 Å². The van der Waals surface area contributed by atoms with E-state index < -0.39 is 0 Å². The number of aryl methyl sites for hydroxylation is 1. The van der Waals surface area contributed by atoms with Gasteiger partial charge in [0, 0.05) is 13.1 Å².